The molecule has 0 radical (unpaired) electrons. The molecule has 32 heavy (non-hydrogen) atoms. The zero-order valence-corrected chi connectivity index (χ0v) is 18.8. The Hall–Kier alpha value is -2.43. The van der Waals surface area contributed by atoms with E-state index in [-0.39, 0.29) is 29.9 Å². The zero-order valence-electron chi connectivity index (χ0n) is 18.0. The summed E-state index contributed by atoms with van der Waals surface area (Å²) in [6.07, 6.45) is 6.55. The van der Waals surface area contributed by atoms with Gasteiger partial charge in [0.25, 0.3) is 5.91 Å². The first-order valence-electron chi connectivity index (χ1n) is 11.1. The van der Waals surface area contributed by atoms with Crippen LogP contribution in [0.25, 0.3) is 0 Å². The van der Waals surface area contributed by atoms with Gasteiger partial charge >= 0.3 is 0 Å². The molecule has 0 atom stereocenters. The van der Waals surface area contributed by atoms with Gasteiger partial charge in [-0.25, -0.2) is 4.39 Å². The molecule has 1 saturated heterocycles. The molecule has 10 heteroatoms. The Labute approximate surface area is 190 Å². The summed E-state index contributed by atoms with van der Waals surface area (Å²) in [5.74, 6) is -0.821. The lowest BCUT2D eigenvalue weighted by molar-refractivity contribution is -0.138. The molecule has 1 aromatic carbocycles. The molecular weight excluding hydrogens is 433 g/mol. The molecule has 172 valence electrons. The number of aromatic nitrogens is 2. The number of hydrogen-bond acceptors (Lipinski definition) is 7. The predicted molar refractivity (Wildman–Crippen MR) is 119 cm³/mol. The van der Waals surface area contributed by atoms with Gasteiger partial charge in [-0.2, -0.15) is 0 Å². The van der Waals surface area contributed by atoms with Crippen LogP contribution in [0.2, 0.25) is 0 Å². The molecule has 2 aromatic rings. The Balaban J connectivity index is 1.17. The molecule has 1 aliphatic carbocycles. The van der Waals surface area contributed by atoms with E-state index in [0.29, 0.717) is 16.7 Å². The predicted octanol–water partition coefficient (Wildman–Crippen LogP) is 2.92. The highest BCUT2D eigenvalue weighted by Gasteiger charge is 2.27. The Kier molecular flexibility index (Phi) is 7.77. The summed E-state index contributed by atoms with van der Waals surface area (Å²) in [4.78, 5) is 29.1. The summed E-state index contributed by atoms with van der Waals surface area (Å²) in [7, 11) is 0. The van der Waals surface area contributed by atoms with Crippen molar-refractivity contribution in [3.8, 4) is 0 Å². The normalized spacial score (nSPS) is 18.0. The molecule has 8 nitrogen and oxygen atoms in total. The van der Waals surface area contributed by atoms with Gasteiger partial charge < -0.3 is 15.0 Å². The van der Waals surface area contributed by atoms with Crippen molar-refractivity contribution in [2.24, 2.45) is 0 Å². The highest BCUT2D eigenvalue weighted by molar-refractivity contribution is 7.13. The Bertz CT molecular complexity index is 909. The van der Waals surface area contributed by atoms with Crippen molar-refractivity contribution in [2.45, 2.75) is 44.8 Å². The van der Waals surface area contributed by atoms with Crippen molar-refractivity contribution < 1.29 is 18.7 Å². The number of piperazine rings is 1. The van der Waals surface area contributed by atoms with Gasteiger partial charge in [-0.1, -0.05) is 30.6 Å². The lowest BCUT2D eigenvalue weighted by atomic mass is 9.94. The first kappa shape index (κ1) is 22.8. The molecule has 1 aromatic heterocycles. The number of benzene rings is 1. The minimum Gasteiger partial charge on any atom is -0.364 e. The first-order valence-corrected chi connectivity index (χ1v) is 11.9. The molecule has 0 bridgehead atoms. The number of rotatable bonds is 7. The van der Waals surface area contributed by atoms with Crippen molar-refractivity contribution in [2.75, 3.05) is 38.1 Å². The maximum Gasteiger partial charge on any atom is 0.286 e. The molecule has 2 amide bonds. The number of carbonyl (C=O) groups is 2. The van der Waals surface area contributed by atoms with Crippen molar-refractivity contribution in [1.82, 2.24) is 20.0 Å². The molecule has 0 spiro atoms. The fourth-order valence-corrected chi connectivity index (χ4v) is 4.89. The molecule has 4 rings (SSSR count). The van der Waals surface area contributed by atoms with Gasteiger partial charge in [0.05, 0.1) is 0 Å². The summed E-state index contributed by atoms with van der Waals surface area (Å²) in [6.45, 7) is 3.45. The van der Waals surface area contributed by atoms with Crippen molar-refractivity contribution in [3.63, 3.8) is 0 Å². The monoisotopic (exact) mass is 461 g/mol. The van der Waals surface area contributed by atoms with Crippen LogP contribution in [0, 0.1) is 5.82 Å². The quantitative estimate of drug-likeness (QED) is 0.682. The molecule has 1 aliphatic heterocycles. The number of anilines is 1. The third kappa shape index (κ3) is 6.08. The van der Waals surface area contributed by atoms with E-state index in [1.807, 2.05) is 4.90 Å². The van der Waals surface area contributed by atoms with Crippen LogP contribution in [-0.4, -0.2) is 70.6 Å². The Morgan fingerprint density at radius 1 is 1.06 bits per heavy atom. The maximum absolute atomic E-state index is 13.0. The smallest absolute Gasteiger partial charge is 0.286 e. The SMILES string of the molecule is O=C(Nc1ccc(F)cc1)c1nnc(COCC(=O)N2CCN(C3CCCCC3)CC2)s1. The average Bonchev–Trinajstić information content (AvgIpc) is 3.30. The molecule has 1 saturated carbocycles. The number of nitrogens with one attached hydrogen (secondary N) is 1. The molecule has 2 aliphatic rings. The van der Waals surface area contributed by atoms with Crippen molar-refractivity contribution in [1.29, 1.82) is 0 Å². The highest BCUT2D eigenvalue weighted by atomic mass is 32.1. The number of nitrogens with zero attached hydrogens (tertiary/aromatic N) is 4. The molecule has 2 fully saturated rings. The van der Waals surface area contributed by atoms with E-state index < -0.39 is 5.91 Å². The van der Waals surface area contributed by atoms with Crippen LogP contribution in [0.4, 0.5) is 10.1 Å². The lowest BCUT2D eigenvalue weighted by Crippen LogP contribution is -2.53. The molecule has 0 unspecified atom stereocenters. The standard InChI is InChI=1S/C22H28FN5O3S/c23-16-6-8-17(9-7-16)24-21(30)22-26-25-19(32-22)14-31-15-20(29)28-12-10-27(11-13-28)18-4-2-1-3-5-18/h6-9,18H,1-5,10-15H2,(H,24,30). The van der Waals surface area contributed by atoms with E-state index in [0.717, 1.165) is 37.5 Å². The van der Waals surface area contributed by atoms with E-state index in [4.69, 9.17) is 4.74 Å². The van der Waals surface area contributed by atoms with Gasteiger partial charge in [0.1, 0.15) is 24.0 Å². The van der Waals surface area contributed by atoms with E-state index in [1.54, 1.807) is 0 Å². The second kappa shape index (κ2) is 10.9. The summed E-state index contributed by atoms with van der Waals surface area (Å²) in [5.41, 5.74) is 0.471. The fourth-order valence-electron chi connectivity index (χ4n) is 4.22. The number of halogens is 1. The van der Waals surface area contributed by atoms with Gasteiger partial charge in [-0.3, -0.25) is 14.5 Å². The third-order valence-electron chi connectivity index (χ3n) is 5.97. The van der Waals surface area contributed by atoms with Crippen LogP contribution in [0.5, 0.6) is 0 Å². The van der Waals surface area contributed by atoms with Gasteiger partial charge in [-0.15, -0.1) is 10.2 Å². The molecular formula is C22H28FN5O3S. The third-order valence-corrected chi connectivity index (χ3v) is 6.87. The van der Waals surface area contributed by atoms with Gasteiger partial charge in [0, 0.05) is 37.9 Å². The van der Waals surface area contributed by atoms with E-state index in [9.17, 15) is 14.0 Å². The average molecular weight is 462 g/mol. The van der Waals surface area contributed by atoms with Gasteiger partial charge in [0.2, 0.25) is 10.9 Å². The number of ether oxygens (including phenoxy) is 1. The summed E-state index contributed by atoms with van der Waals surface area (Å²) >= 11 is 1.10. The second-order valence-electron chi connectivity index (χ2n) is 8.16. The fraction of sp³-hybridized carbons (Fsp3) is 0.545. The molecule has 2 heterocycles. The second-order valence-corrected chi connectivity index (χ2v) is 9.23. The first-order chi connectivity index (χ1) is 15.6. The summed E-state index contributed by atoms with van der Waals surface area (Å²) < 4.78 is 18.5. The minimum atomic E-state index is -0.424. The summed E-state index contributed by atoms with van der Waals surface area (Å²) in [5, 5.41) is 11.2. The van der Waals surface area contributed by atoms with Crippen LogP contribution < -0.4 is 5.32 Å². The van der Waals surface area contributed by atoms with Gasteiger partial charge in [0.15, 0.2) is 0 Å². The number of amides is 2. The van der Waals surface area contributed by atoms with E-state index >= 15 is 0 Å². The summed E-state index contributed by atoms with van der Waals surface area (Å²) in [6, 6.07) is 6.16. The van der Waals surface area contributed by atoms with Crippen LogP contribution in [0.15, 0.2) is 24.3 Å². The largest absolute Gasteiger partial charge is 0.364 e. The van der Waals surface area contributed by atoms with Crippen LogP contribution in [-0.2, 0) is 16.1 Å². The van der Waals surface area contributed by atoms with E-state index in [2.05, 4.69) is 20.4 Å². The number of hydrogen-bond donors (Lipinski definition) is 1. The van der Waals surface area contributed by atoms with Crippen molar-refractivity contribution in [3.05, 3.63) is 40.1 Å². The van der Waals surface area contributed by atoms with Gasteiger partial charge in [-0.05, 0) is 37.1 Å². The Morgan fingerprint density at radius 3 is 2.50 bits per heavy atom. The minimum absolute atomic E-state index is 0.0138. The van der Waals surface area contributed by atoms with Crippen LogP contribution >= 0.6 is 11.3 Å². The molecule has 1 N–H and O–H groups in total. The van der Waals surface area contributed by atoms with Crippen LogP contribution in [0.1, 0.15) is 46.9 Å². The lowest BCUT2D eigenvalue weighted by Gasteiger charge is -2.40. The number of carbonyl (C=O) groups excluding carboxylic acids is 2. The highest BCUT2D eigenvalue weighted by Crippen LogP contribution is 2.23. The zero-order chi connectivity index (χ0) is 22.3. The van der Waals surface area contributed by atoms with Crippen molar-refractivity contribution >= 4 is 28.8 Å². The topological polar surface area (TPSA) is 87.7 Å². The Morgan fingerprint density at radius 2 is 1.78 bits per heavy atom. The van der Waals surface area contributed by atoms with E-state index in [1.165, 1.54) is 56.4 Å². The van der Waals surface area contributed by atoms with Crippen LogP contribution in [0.3, 0.4) is 0 Å². The maximum atomic E-state index is 13.0.